The zero-order valence-corrected chi connectivity index (χ0v) is 16.3. The van der Waals surface area contributed by atoms with E-state index in [9.17, 15) is 15.3 Å². The molecule has 1 atom stereocenters. The Labute approximate surface area is 165 Å². The average Bonchev–Trinajstić information content (AvgIpc) is 3.17. The maximum atomic E-state index is 10.7. The van der Waals surface area contributed by atoms with Crippen LogP contribution >= 0.6 is 24.0 Å². The fourth-order valence-corrected chi connectivity index (χ4v) is 4.77. The van der Waals surface area contributed by atoms with Gasteiger partial charge in [0.1, 0.15) is 19.8 Å². The molecule has 1 saturated heterocycles. The Balaban J connectivity index is 1.86. The van der Waals surface area contributed by atoms with Gasteiger partial charge in [-0.3, -0.25) is 20.2 Å². The molecule has 0 aliphatic carbocycles. The molecule has 0 bridgehead atoms. The lowest BCUT2D eigenvalue weighted by molar-refractivity contribution is -0.795. The average molecular weight is 404 g/mol. The Kier molecular flexibility index (Phi) is 5.33. The number of rotatable bonds is 5. The minimum atomic E-state index is -0.601. The van der Waals surface area contributed by atoms with Crippen LogP contribution in [0.15, 0.2) is 53.0 Å². The van der Waals surface area contributed by atoms with Gasteiger partial charge in [-0.05, 0) is 42.9 Å². The number of nitrogens with zero attached hydrogens (tertiary/aromatic N) is 3. The lowest BCUT2D eigenvalue weighted by atomic mass is 10.1. The van der Waals surface area contributed by atoms with Crippen molar-refractivity contribution in [3.63, 3.8) is 0 Å². The first kappa shape index (κ1) is 19.1. The number of anilines is 1. The topological polar surface area (TPSA) is 82.8 Å². The Morgan fingerprint density at radius 3 is 2.63 bits per heavy atom. The van der Waals surface area contributed by atoms with Crippen LogP contribution in [0.5, 0.6) is 0 Å². The van der Waals surface area contributed by atoms with Crippen molar-refractivity contribution < 1.29 is 19.3 Å². The van der Waals surface area contributed by atoms with Gasteiger partial charge in [0.2, 0.25) is 6.21 Å². The number of nitro groups is 1. The number of benzene rings is 1. The van der Waals surface area contributed by atoms with E-state index in [1.807, 2.05) is 49.1 Å². The number of furan rings is 1. The fourth-order valence-electron chi connectivity index (χ4n) is 2.85. The molecule has 1 N–H and O–H groups in total. The molecule has 2 aromatic rings. The van der Waals surface area contributed by atoms with Gasteiger partial charge in [0, 0.05) is 11.8 Å². The minimum Gasteiger partial charge on any atom is -0.401 e. The zero-order chi connectivity index (χ0) is 19.6. The molecule has 0 spiro atoms. The van der Waals surface area contributed by atoms with Crippen LogP contribution in [0, 0.1) is 10.1 Å². The van der Waals surface area contributed by atoms with E-state index in [2.05, 4.69) is 0 Å². The third kappa shape index (κ3) is 4.04. The molecule has 1 aromatic heterocycles. The van der Waals surface area contributed by atoms with Gasteiger partial charge in [-0.15, -0.1) is 0 Å². The highest BCUT2D eigenvalue weighted by Crippen LogP contribution is 2.43. The highest BCUT2D eigenvalue weighted by atomic mass is 32.2. The van der Waals surface area contributed by atoms with Gasteiger partial charge in [-0.1, -0.05) is 42.2 Å². The first-order valence-corrected chi connectivity index (χ1v) is 9.32. The highest BCUT2D eigenvalue weighted by molar-refractivity contribution is 8.24. The highest BCUT2D eigenvalue weighted by Gasteiger charge is 2.53. The van der Waals surface area contributed by atoms with Gasteiger partial charge >= 0.3 is 5.88 Å². The summed E-state index contributed by atoms with van der Waals surface area (Å²) in [6.45, 7) is 4.02. The Morgan fingerprint density at radius 1 is 1.30 bits per heavy atom. The zero-order valence-electron chi connectivity index (χ0n) is 14.7. The normalized spacial score (nSPS) is 19.8. The molecule has 1 aliphatic rings. The van der Waals surface area contributed by atoms with Gasteiger partial charge in [-0.2, -0.15) is 0 Å². The van der Waals surface area contributed by atoms with Crippen LogP contribution in [0.1, 0.15) is 19.6 Å². The summed E-state index contributed by atoms with van der Waals surface area (Å²) in [5.74, 6) is -0.00808. The van der Waals surface area contributed by atoms with Crippen LogP contribution in [0.2, 0.25) is 0 Å². The first-order valence-electron chi connectivity index (χ1n) is 8.10. The maximum absolute atomic E-state index is 10.7. The monoisotopic (exact) mass is 404 g/mol. The van der Waals surface area contributed by atoms with E-state index in [0.717, 1.165) is 10.4 Å². The van der Waals surface area contributed by atoms with E-state index in [1.54, 1.807) is 6.08 Å². The van der Waals surface area contributed by atoms with E-state index < -0.39 is 11.1 Å². The summed E-state index contributed by atoms with van der Waals surface area (Å²) >= 11 is 7.04. The van der Waals surface area contributed by atoms with Crippen molar-refractivity contribution in [3.05, 3.63) is 64.4 Å². The van der Waals surface area contributed by atoms with Crippen molar-refractivity contribution in [3.8, 4) is 0 Å². The van der Waals surface area contributed by atoms with Gasteiger partial charge < -0.3 is 4.42 Å². The summed E-state index contributed by atoms with van der Waals surface area (Å²) < 4.78 is 6.46. The third-order valence-corrected chi connectivity index (χ3v) is 5.55. The van der Waals surface area contributed by atoms with Crippen molar-refractivity contribution in [2.24, 2.45) is 0 Å². The van der Waals surface area contributed by atoms with Crippen LogP contribution in [-0.2, 0) is 0 Å². The number of hydrogen-bond donors (Lipinski definition) is 1. The Bertz CT molecular complexity index is 922. The SMILES string of the molecule is CC1(C)SC(=S)N(c2ccccc2)C1[N+](O)=CC=Cc1ccc([N+](=O)[O-])o1. The molecule has 1 fully saturated rings. The largest absolute Gasteiger partial charge is 0.433 e. The van der Waals surface area contributed by atoms with Gasteiger partial charge in [0.05, 0.1) is 6.07 Å². The molecule has 9 heteroatoms. The summed E-state index contributed by atoms with van der Waals surface area (Å²) in [4.78, 5) is 12.0. The molecule has 1 unspecified atom stereocenters. The summed E-state index contributed by atoms with van der Waals surface area (Å²) in [5, 5.41) is 21.3. The molecule has 0 saturated carbocycles. The summed E-state index contributed by atoms with van der Waals surface area (Å²) in [6, 6.07) is 12.4. The number of thiocarbonyl (C=S) groups is 1. The molecule has 0 amide bonds. The van der Waals surface area contributed by atoms with Crippen molar-refractivity contribution in [2.75, 3.05) is 4.90 Å². The second-order valence-electron chi connectivity index (χ2n) is 6.37. The lowest BCUT2D eigenvalue weighted by Crippen LogP contribution is -2.48. The van der Waals surface area contributed by atoms with Crippen molar-refractivity contribution in [1.29, 1.82) is 0 Å². The molecular formula is C18H18N3O4S2+. The smallest absolute Gasteiger partial charge is 0.401 e. The Morgan fingerprint density at radius 2 is 2.00 bits per heavy atom. The number of thioether (sulfide) groups is 1. The molecule has 1 aliphatic heterocycles. The summed E-state index contributed by atoms with van der Waals surface area (Å²) in [5.41, 5.74) is 0.892. The number of para-hydroxylation sites is 1. The van der Waals surface area contributed by atoms with Gasteiger partial charge in [0.25, 0.3) is 6.17 Å². The third-order valence-electron chi connectivity index (χ3n) is 3.99. The molecule has 7 nitrogen and oxygen atoms in total. The van der Waals surface area contributed by atoms with Crippen LogP contribution in [0.3, 0.4) is 0 Å². The van der Waals surface area contributed by atoms with Crippen LogP contribution in [0.25, 0.3) is 6.08 Å². The standard InChI is InChI=1S/C18H18N3O4S2/c1-18(2)16(20(17(26)27-18)13-7-4-3-5-8-13)19(22)12-6-9-14-10-11-15(25-14)21(23)24/h3-12,16,22H,1-2H3/q+1. The van der Waals surface area contributed by atoms with E-state index in [-0.39, 0.29) is 10.6 Å². The lowest BCUT2D eigenvalue weighted by Gasteiger charge is -2.25. The number of hydrogen-bond acceptors (Lipinski definition) is 6. The predicted molar refractivity (Wildman–Crippen MR) is 109 cm³/mol. The fraction of sp³-hybridized carbons (Fsp3) is 0.222. The minimum absolute atomic E-state index is 0.321. The Hall–Kier alpha value is -2.65. The van der Waals surface area contributed by atoms with E-state index in [4.69, 9.17) is 16.6 Å². The van der Waals surface area contributed by atoms with E-state index in [1.165, 1.54) is 36.2 Å². The van der Waals surface area contributed by atoms with Crippen molar-refractivity contribution in [1.82, 2.24) is 0 Å². The predicted octanol–water partition coefficient (Wildman–Crippen LogP) is 4.32. The second kappa shape index (κ2) is 7.53. The summed E-state index contributed by atoms with van der Waals surface area (Å²) in [7, 11) is 0. The maximum Gasteiger partial charge on any atom is 0.433 e. The van der Waals surface area contributed by atoms with Crippen LogP contribution < -0.4 is 4.90 Å². The number of hydroxylamine groups is 1. The van der Waals surface area contributed by atoms with Crippen LogP contribution in [-0.4, -0.2) is 36.3 Å². The first-order chi connectivity index (χ1) is 12.8. The summed E-state index contributed by atoms with van der Waals surface area (Å²) in [6.07, 6.45) is 4.16. The molecule has 140 valence electrons. The van der Waals surface area contributed by atoms with Crippen molar-refractivity contribution >= 4 is 52.2 Å². The molecule has 0 radical (unpaired) electrons. The van der Waals surface area contributed by atoms with Gasteiger partial charge in [0.15, 0.2) is 0 Å². The molecule has 27 heavy (non-hydrogen) atoms. The quantitative estimate of drug-likeness (QED) is 0.198. The van der Waals surface area contributed by atoms with Gasteiger partial charge in [-0.25, -0.2) is 0 Å². The second-order valence-corrected chi connectivity index (χ2v) is 8.66. The molecular weight excluding hydrogens is 386 g/mol. The van der Waals surface area contributed by atoms with E-state index in [0.29, 0.717) is 10.1 Å². The molecule has 2 heterocycles. The molecule has 3 rings (SSSR count). The number of allylic oxidation sites excluding steroid dienone is 1. The molecule has 1 aromatic carbocycles. The van der Waals surface area contributed by atoms with Crippen molar-refractivity contribution in [2.45, 2.75) is 24.8 Å². The van der Waals surface area contributed by atoms with Crippen LogP contribution in [0.4, 0.5) is 11.6 Å². The van der Waals surface area contributed by atoms with E-state index >= 15 is 0 Å².